The van der Waals surface area contributed by atoms with E-state index < -0.39 is 16.7 Å². The van der Waals surface area contributed by atoms with Crippen molar-refractivity contribution in [3.63, 3.8) is 0 Å². The molecule has 0 aliphatic carbocycles. The number of ether oxygens (including phenoxy) is 1. The van der Waals surface area contributed by atoms with E-state index >= 15 is 0 Å². The minimum atomic E-state index is -0.636. The molecule has 34 heavy (non-hydrogen) atoms. The van der Waals surface area contributed by atoms with Gasteiger partial charge in [0.2, 0.25) is 5.91 Å². The lowest BCUT2D eigenvalue weighted by Crippen LogP contribution is -2.32. The fraction of sp³-hybridized carbons (Fsp3) is 0.304. The maximum atomic E-state index is 12.3. The minimum absolute atomic E-state index is 0.0462. The lowest BCUT2D eigenvalue weighted by molar-refractivity contribution is -0.385. The number of anilines is 1. The Bertz CT molecular complexity index is 1220. The van der Waals surface area contributed by atoms with Crippen molar-refractivity contribution in [1.82, 2.24) is 20.1 Å². The minimum Gasteiger partial charge on any atom is -0.490 e. The summed E-state index contributed by atoms with van der Waals surface area (Å²) in [4.78, 5) is 35.1. The van der Waals surface area contributed by atoms with Crippen LogP contribution in [0.2, 0.25) is 0 Å². The zero-order valence-electron chi connectivity index (χ0n) is 18.6. The normalized spacial score (nSPS) is 12.9. The van der Waals surface area contributed by atoms with Crippen LogP contribution in [0.25, 0.3) is 11.4 Å². The van der Waals surface area contributed by atoms with E-state index in [0.29, 0.717) is 5.69 Å². The number of carbonyl (C=O) groups is 2. The first-order valence-electron chi connectivity index (χ1n) is 10.9. The Morgan fingerprint density at radius 3 is 2.65 bits per heavy atom. The molecule has 0 radical (unpaired) electrons. The van der Waals surface area contributed by atoms with Crippen LogP contribution in [-0.4, -0.2) is 45.2 Å². The molecule has 2 amide bonds. The van der Waals surface area contributed by atoms with Crippen LogP contribution >= 0.6 is 0 Å². The first-order chi connectivity index (χ1) is 16.5. The summed E-state index contributed by atoms with van der Waals surface area (Å²) in [6.45, 7) is 0.602. The number of amides is 2. The number of nitrogens with zero attached hydrogens (tertiary/aromatic N) is 4. The maximum Gasteiger partial charge on any atom is 0.311 e. The zero-order chi connectivity index (χ0) is 24.1. The first-order valence-corrected chi connectivity index (χ1v) is 10.9. The second-order valence-electron chi connectivity index (χ2n) is 7.85. The van der Waals surface area contributed by atoms with E-state index in [1.165, 1.54) is 25.7 Å². The van der Waals surface area contributed by atoms with Crippen molar-refractivity contribution in [3.05, 3.63) is 64.0 Å². The number of nitrogens with one attached hydrogen (secondary N) is 2. The average Bonchev–Trinajstić information content (AvgIpc) is 3.10. The molecule has 3 aromatic rings. The van der Waals surface area contributed by atoms with Gasteiger partial charge in [0.1, 0.15) is 5.82 Å². The van der Waals surface area contributed by atoms with E-state index in [2.05, 4.69) is 25.4 Å². The van der Waals surface area contributed by atoms with Gasteiger partial charge in [-0.1, -0.05) is 6.42 Å². The van der Waals surface area contributed by atoms with Crippen molar-refractivity contribution in [2.75, 3.05) is 19.0 Å². The van der Waals surface area contributed by atoms with Crippen molar-refractivity contribution >= 4 is 23.2 Å². The van der Waals surface area contributed by atoms with Crippen LogP contribution in [-0.2, 0) is 17.8 Å². The van der Waals surface area contributed by atoms with Gasteiger partial charge in [0.15, 0.2) is 11.6 Å². The van der Waals surface area contributed by atoms with Crippen molar-refractivity contribution < 1.29 is 19.2 Å². The number of aryl methyl sites for hydroxylation is 1. The molecule has 0 unspecified atom stereocenters. The topological polar surface area (TPSA) is 141 Å². The molecule has 1 aromatic heterocycles. The Labute approximate surface area is 195 Å². The van der Waals surface area contributed by atoms with Gasteiger partial charge in [0.05, 0.1) is 18.6 Å². The fourth-order valence-electron chi connectivity index (χ4n) is 3.84. The highest BCUT2D eigenvalue weighted by Crippen LogP contribution is 2.27. The molecule has 2 N–H and O–H groups in total. The number of benzene rings is 2. The summed E-state index contributed by atoms with van der Waals surface area (Å²) in [7, 11) is 1.31. The quantitative estimate of drug-likeness (QED) is 0.404. The summed E-state index contributed by atoms with van der Waals surface area (Å²) >= 11 is 0. The van der Waals surface area contributed by atoms with Crippen LogP contribution in [0.3, 0.4) is 0 Å². The fourth-order valence-corrected chi connectivity index (χ4v) is 3.84. The Morgan fingerprint density at radius 1 is 1.12 bits per heavy atom. The van der Waals surface area contributed by atoms with E-state index in [0.717, 1.165) is 49.1 Å². The van der Waals surface area contributed by atoms with Crippen molar-refractivity contribution in [3.8, 4) is 17.1 Å². The largest absolute Gasteiger partial charge is 0.490 e. The molecular weight excluding hydrogens is 440 g/mol. The Morgan fingerprint density at radius 2 is 1.91 bits per heavy atom. The van der Waals surface area contributed by atoms with Crippen molar-refractivity contribution in [2.45, 2.75) is 32.2 Å². The zero-order valence-corrected chi connectivity index (χ0v) is 18.6. The SMILES string of the molecule is COc1ccc(C(=O)NCC(=O)Nc2ccc(-c3nnc4n3CCCCC4)cc2)cc1[N+](=O)[O-]. The van der Waals surface area contributed by atoms with Crippen molar-refractivity contribution in [2.24, 2.45) is 0 Å². The van der Waals surface area contributed by atoms with Crippen LogP contribution in [0.5, 0.6) is 5.75 Å². The Hall–Kier alpha value is -4.28. The van der Waals surface area contributed by atoms with Crippen LogP contribution in [0.15, 0.2) is 42.5 Å². The van der Waals surface area contributed by atoms with Crippen LogP contribution in [0.4, 0.5) is 11.4 Å². The second kappa shape index (κ2) is 10.1. The summed E-state index contributed by atoms with van der Waals surface area (Å²) < 4.78 is 7.08. The molecule has 4 rings (SSSR count). The van der Waals surface area contributed by atoms with Crippen molar-refractivity contribution in [1.29, 1.82) is 0 Å². The van der Waals surface area contributed by atoms with E-state index in [-0.39, 0.29) is 23.5 Å². The Kier molecular flexibility index (Phi) is 6.81. The predicted molar refractivity (Wildman–Crippen MR) is 124 cm³/mol. The molecule has 0 fully saturated rings. The first kappa shape index (κ1) is 22.9. The van der Waals surface area contributed by atoms with Gasteiger partial charge >= 0.3 is 5.69 Å². The number of hydrogen-bond acceptors (Lipinski definition) is 7. The number of methoxy groups -OCH3 is 1. The van der Waals surface area contributed by atoms with E-state index in [1.807, 2.05) is 12.1 Å². The van der Waals surface area contributed by atoms with Gasteiger partial charge in [0, 0.05) is 35.8 Å². The standard InChI is InChI=1S/C23H24N6O5/c1-34-19-11-8-16(13-18(19)29(32)33)23(31)24-14-21(30)25-17-9-6-15(7-10-17)22-27-26-20-5-3-2-4-12-28(20)22/h6-11,13H,2-5,12,14H2,1H3,(H,24,31)(H,25,30). The van der Waals surface area contributed by atoms with Gasteiger partial charge in [-0.3, -0.25) is 19.7 Å². The maximum absolute atomic E-state index is 12.3. The van der Waals surface area contributed by atoms with Crippen LogP contribution in [0, 0.1) is 10.1 Å². The molecule has 1 aliphatic rings. The van der Waals surface area contributed by atoms with E-state index in [1.54, 1.807) is 12.1 Å². The Balaban J connectivity index is 1.35. The molecule has 0 spiro atoms. The molecule has 11 nitrogen and oxygen atoms in total. The average molecular weight is 464 g/mol. The number of hydrogen-bond donors (Lipinski definition) is 2. The summed E-state index contributed by atoms with van der Waals surface area (Å²) in [5.41, 5.74) is 1.20. The number of carbonyl (C=O) groups excluding carboxylic acids is 2. The number of nitro groups is 1. The lowest BCUT2D eigenvalue weighted by Gasteiger charge is -2.09. The van der Waals surface area contributed by atoms with Gasteiger partial charge in [-0.25, -0.2) is 0 Å². The van der Waals surface area contributed by atoms with Gasteiger partial charge in [-0.05, 0) is 49.2 Å². The molecule has 176 valence electrons. The molecule has 0 saturated carbocycles. The van der Waals surface area contributed by atoms with E-state index in [9.17, 15) is 19.7 Å². The number of fused-ring (bicyclic) bond motifs is 1. The highest BCUT2D eigenvalue weighted by Gasteiger charge is 2.19. The summed E-state index contributed by atoms with van der Waals surface area (Å²) in [5, 5.41) is 25.0. The third-order valence-corrected chi connectivity index (χ3v) is 5.58. The van der Waals surface area contributed by atoms with Gasteiger partial charge in [-0.15, -0.1) is 10.2 Å². The molecule has 2 aromatic carbocycles. The summed E-state index contributed by atoms with van der Waals surface area (Å²) in [6.07, 6.45) is 4.33. The smallest absolute Gasteiger partial charge is 0.311 e. The highest BCUT2D eigenvalue weighted by atomic mass is 16.6. The summed E-state index contributed by atoms with van der Waals surface area (Å²) in [6, 6.07) is 11.1. The third kappa shape index (κ3) is 5.03. The van der Waals surface area contributed by atoms with Crippen LogP contribution < -0.4 is 15.4 Å². The predicted octanol–water partition coefficient (Wildman–Crippen LogP) is 2.96. The molecule has 0 atom stereocenters. The molecule has 1 aliphatic heterocycles. The monoisotopic (exact) mass is 464 g/mol. The van der Waals surface area contributed by atoms with Crippen LogP contribution in [0.1, 0.15) is 35.4 Å². The molecular formula is C23H24N6O5. The molecule has 0 saturated heterocycles. The number of rotatable bonds is 7. The number of aromatic nitrogens is 3. The molecule has 0 bridgehead atoms. The van der Waals surface area contributed by atoms with E-state index in [4.69, 9.17) is 4.74 Å². The third-order valence-electron chi connectivity index (χ3n) is 5.58. The number of nitro benzene ring substituents is 1. The molecule has 2 heterocycles. The lowest BCUT2D eigenvalue weighted by atomic mass is 10.1. The summed E-state index contributed by atoms with van der Waals surface area (Å²) in [5.74, 6) is 0.826. The van der Waals surface area contributed by atoms with Gasteiger partial charge in [0.25, 0.3) is 5.91 Å². The highest BCUT2D eigenvalue weighted by molar-refractivity contribution is 5.99. The molecule has 11 heteroatoms. The van der Waals surface area contributed by atoms with Gasteiger partial charge in [-0.2, -0.15) is 0 Å². The second-order valence-corrected chi connectivity index (χ2v) is 7.85. The van der Waals surface area contributed by atoms with Gasteiger partial charge < -0.3 is 19.9 Å².